The highest BCUT2D eigenvalue weighted by Crippen LogP contribution is 2.19. The average Bonchev–Trinajstić information content (AvgIpc) is 2.70. The van der Waals surface area contributed by atoms with E-state index in [0.29, 0.717) is 23.5 Å². The molecule has 0 heterocycles. The Labute approximate surface area is 164 Å². The molecule has 7 heteroatoms. The molecule has 0 fully saturated rings. The van der Waals surface area contributed by atoms with E-state index in [1.54, 1.807) is 60.7 Å². The third-order valence-corrected chi connectivity index (χ3v) is 5.25. The summed E-state index contributed by atoms with van der Waals surface area (Å²) in [5, 5.41) is 2.78. The maximum atomic E-state index is 12.5. The first-order valence-corrected chi connectivity index (χ1v) is 10.2. The monoisotopic (exact) mass is 396 g/mol. The Morgan fingerprint density at radius 1 is 0.893 bits per heavy atom. The maximum absolute atomic E-state index is 12.5. The summed E-state index contributed by atoms with van der Waals surface area (Å²) in [6, 6.07) is 21.4. The summed E-state index contributed by atoms with van der Waals surface area (Å²) in [5.41, 5.74) is 1.26. The molecular formula is C21H20N2O4S. The molecule has 0 spiro atoms. The molecule has 0 saturated heterocycles. The second-order valence-electron chi connectivity index (χ2n) is 5.91. The number of ether oxygens (including phenoxy) is 1. The van der Waals surface area contributed by atoms with Crippen molar-refractivity contribution < 1.29 is 17.9 Å². The van der Waals surface area contributed by atoms with E-state index in [9.17, 15) is 13.2 Å². The lowest BCUT2D eigenvalue weighted by atomic mass is 10.2. The summed E-state index contributed by atoms with van der Waals surface area (Å²) in [6.07, 6.45) is 0. The fourth-order valence-electron chi connectivity index (χ4n) is 2.54. The second kappa shape index (κ2) is 8.58. The molecule has 3 aromatic carbocycles. The fraction of sp³-hybridized carbons (Fsp3) is 0.0952. The van der Waals surface area contributed by atoms with Gasteiger partial charge in [0.05, 0.1) is 11.5 Å². The highest BCUT2D eigenvalue weighted by Gasteiger charge is 2.14. The van der Waals surface area contributed by atoms with Gasteiger partial charge in [-0.15, -0.1) is 0 Å². The number of hydrogen-bond donors (Lipinski definition) is 2. The van der Waals surface area contributed by atoms with Gasteiger partial charge in [0.1, 0.15) is 5.75 Å². The number of carbonyl (C=O) groups is 1. The molecule has 0 unspecified atom stereocenters. The van der Waals surface area contributed by atoms with Gasteiger partial charge in [-0.2, -0.15) is 0 Å². The molecule has 0 aliphatic carbocycles. The van der Waals surface area contributed by atoms with Gasteiger partial charge in [0.2, 0.25) is 0 Å². The van der Waals surface area contributed by atoms with Crippen molar-refractivity contribution in [3.05, 3.63) is 84.4 Å². The van der Waals surface area contributed by atoms with Crippen molar-refractivity contribution in [1.29, 1.82) is 0 Å². The van der Waals surface area contributed by atoms with E-state index >= 15 is 0 Å². The number of amides is 1. The van der Waals surface area contributed by atoms with Crippen LogP contribution in [0.25, 0.3) is 0 Å². The normalized spacial score (nSPS) is 10.9. The van der Waals surface area contributed by atoms with Crippen LogP contribution in [0.15, 0.2) is 83.8 Å². The van der Waals surface area contributed by atoms with Gasteiger partial charge in [-0.25, -0.2) is 8.42 Å². The second-order valence-corrected chi connectivity index (χ2v) is 7.59. The van der Waals surface area contributed by atoms with Gasteiger partial charge in [0.15, 0.2) is 0 Å². The van der Waals surface area contributed by atoms with E-state index in [1.165, 1.54) is 18.2 Å². The van der Waals surface area contributed by atoms with Crippen LogP contribution in [0.2, 0.25) is 0 Å². The molecular weight excluding hydrogens is 376 g/mol. The van der Waals surface area contributed by atoms with Crippen molar-refractivity contribution in [3.63, 3.8) is 0 Å². The minimum Gasteiger partial charge on any atom is -0.494 e. The van der Waals surface area contributed by atoms with Crippen LogP contribution in [0.3, 0.4) is 0 Å². The minimum atomic E-state index is -3.72. The van der Waals surface area contributed by atoms with Crippen LogP contribution < -0.4 is 14.8 Å². The van der Waals surface area contributed by atoms with E-state index in [4.69, 9.17) is 4.74 Å². The smallest absolute Gasteiger partial charge is 0.261 e. The minimum absolute atomic E-state index is 0.152. The van der Waals surface area contributed by atoms with E-state index < -0.39 is 10.0 Å². The lowest BCUT2D eigenvalue weighted by Gasteiger charge is -2.10. The zero-order valence-corrected chi connectivity index (χ0v) is 16.1. The van der Waals surface area contributed by atoms with E-state index in [2.05, 4.69) is 10.0 Å². The lowest BCUT2D eigenvalue weighted by molar-refractivity contribution is 0.102. The standard InChI is InChI=1S/C21H20N2O4S/c1-2-27-19-13-11-17(12-14-19)22-21(24)16-7-6-8-18(15-16)23-28(25,26)20-9-4-3-5-10-20/h3-15,23H,2H2,1H3,(H,22,24). The predicted octanol–water partition coefficient (Wildman–Crippen LogP) is 4.14. The molecule has 3 rings (SSSR count). The number of nitrogens with one attached hydrogen (secondary N) is 2. The molecule has 2 N–H and O–H groups in total. The molecule has 0 bridgehead atoms. The molecule has 0 aliphatic rings. The lowest BCUT2D eigenvalue weighted by Crippen LogP contribution is -2.15. The Bertz CT molecular complexity index is 1050. The Kier molecular flexibility index (Phi) is 5.96. The quantitative estimate of drug-likeness (QED) is 0.629. The topological polar surface area (TPSA) is 84.5 Å². The highest BCUT2D eigenvalue weighted by atomic mass is 32.2. The number of benzene rings is 3. The SMILES string of the molecule is CCOc1ccc(NC(=O)c2cccc(NS(=O)(=O)c3ccccc3)c2)cc1. The van der Waals surface area contributed by atoms with E-state index in [1.807, 2.05) is 6.92 Å². The Hall–Kier alpha value is -3.32. The van der Waals surface area contributed by atoms with Crippen molar-refractivity contribution in [2.45, 2.75) is 11.8 Å². The number of hydrogen-bond acceptors (Lipinski definition) is 4. The van der Waals surface area contributed by atoms with Crippen LogP contribution in [0.5, 0.6) is 5.75 Å². The van der Waals surface area contributed by atoms with Gasteiger partial charge < -0.3 is 10.1 Å². The molecule has 0 saturated carbocycles. The first kappa shape index (κ1) is 19.4. The number of anilines is 2. The van der Waals surface area contributed by atoms with Gasteiger partial charge in [0.25, 0.3) is 15.9 Å². The molecule has 3 aromatic rings. The van der Waals surface area contributed by atoms with Gasteiger partial charge in [0, 0.05) is 16.9 Å². The third-order valence-electron chi connectivity index (χ3n) is 3.85. The molecule has 0 aromatic heterocycles. The van der Waals surface area contributed by atoms with Gasteiger partial charge in [-0.1, -0.05) is 24.3 Å². The van der Waals surface area contributed by atoms with Crippen LogP contribution in [0.4, 0.5) is 11.4 Å². The molecule has 0 radical (unpaired) electrons. The van der Waals surface area contributed by atoms with E-state index in [0.717, 1.165) is 5.75 Å². The van der Waals surface area contributed by atoms with Crippen LogP contribution in [-0.2, 0) is 10.0 Å². The molecule has 144 valence electrons. The van der Waals surface area contributed by atoms with E-state index in [-0.39, 0.29) is 10.8 Å². The summed E-state index contributed by atoms with van der Waals surface area (Å²) in [5.74, 6) is 0.378. The zero-order valence-electron chi connectivity index (χ0n) is 15.3. The molecule has 0 aliphatic heterocycles. The van der Waals surface area contributed by atoms with Crippen molar-refractivity contribution in [2.75, 3.05) is 16.6 Å². The summed E-state index contributed by atoms with van der Waals surface area (Å²) >= 11 is 0. The highest BCUT2D eigenvalue weighted by molar-refractivity contribution is 7.92. The molecule has 1 amide bonds. The third kappa shape index (κ3) is 4.89. The molecule has 6 nitrogen and oxygen atoms in total. The largest absolute Gasteiger partial charge is 0.494 e. The number of sulfonamides is 1. The zero-order chi connectivity index (χ0) is 20.0. The van der Waals surface area contributed by atoms with Gasteiger partial charge >= 0.3 is 0 Å². The molecule has 28 heavy (non-hydrogen) atoms. The predicted molar refractivity (Wildman–Crippen MR) is 109 cm³/mol. The van der Waals surface area contributed by atoms with Gasteiger partial charge in [-0.05, 0) is 61.5 Å². The van der Waals surface area contributed by atoms with Gasteiger partial charge in [-0.3, -0.25) is 9.52 Å². The summed E-state index contributed by atoms with van der Waals surface area (Å²) in [6.45, 7) is 2.46. The van der Waals surface area contributed by atoms with Crippen LogP contribution >= 0.6 is 0 Å². The fourth-order valence-corrected chi connectivity index (χ4v) is 3.61. The first-order valence-electron chi connectivity index (χ1n) is 8.70. The Balaban J connectivity index is 1.73. The van der Waals surface area contributed by atoms with Crippen molar-refractivity contribution in [3.8, 4) is 5.75 Å². The Morgan fingerprint density at radius 2 is 1.61 bits per heavy atom. The summed E-state index contributed by atoms with van der Waals surface area (Å²) in [7, 11) is -3.72. The Morgan fingerprint density at radius 3 is 2.29 bits per heavy atom. The number of carbonyl (C=O) groups excluding carboxylic acids is 1. The summed E-state index contributed by atoms with van der Waals surface area (Å²) < 4.78 is 32.7. The first-order chi connectivity index (χ1) is 13.5. The maximum Gasteiger partial charge on any atom is 0.261 e. The van der Waals surface area contributed by atoms with Crippen LogP contribution in [0, 0.1) is 0 Å². The number of rotatable bonds is 7. The van der Waals surface area contributed by atoms with Crippen molar-refractivity contribution in [2.24, 2.45) is 0 Å². The van der Waals surface area contributed by atoms with Crippen LogP contribution in [-0.4, -0.2) is 20.9 Å². The average molecular weight is 396 g/mol. The van der Waals surface area contributed by atoms with Crippen molar-refractivity contribution in [1.82, 2.24) is 0 Å². The molecule has 0 atom stereocenters. The van der Waals surface area contributed by atoms with Crippen molar-refractivity contribution >= 4 is 27.3 Å². The van der Waals surface area contributed by atoms with Crippen LogP contribution in [0.1, 0.15) is 17.3 Å². The summed E-state index contributed by atoms with van der Waals surface area (Å²) in [4.78, 5) is 12.6.